The molecule has 23 heavy (non-hydrogen) atoms. The van der Waals surface area contributed by atoms with Gasteiger partial charge in [-0.2, -0.15) is 5.26 Å². The Labute approximate surface area is 132 Å². The fourth-order valence-corrected chi connectivity index (χ4v) is 2.39. The van der Waals surface area contributed by atoms with E-state index < -0.39 is 18.7 Å². The van der Waals surface area contributed by atoms with Gasteiger partial charge in [0.2, 0.25) is 0 Å². The molecule has 1 aromatic carbocycles. The van der Waals surface area contributed by atoms with Crippen molar-refractivity contribution in [1.29, 1.82) is 5.26 Å². The summed E-state index contributed by atoms with van der Waals surface area (Å²) in [6, 6.07) is 9.15. The third kappa shape index (κ3) is 3.17. The highest BCUT2D eigenvalue weighted by molar-refractivity contribution is 5.83. The Kier molecular flexibility index (Phi) is 4.26. The zero-order valence-corrected chi connectivity index (χ0v) is 12.3. The van der Waals surface area contributed by atoms with Gasteiger partial charge in [-0.25, -0.2) is 9.78 Å². The zero-order valence-electron chi connectivity index (χ0n) is 12.3. The molecule has 1 fully saturated rings. The van der Waals surface area contributed by atoms with Gasteiger partial charge in [0, 0.05) is 6.61 Å². The van der Waals surface area contributed by atoms with Crippen LogP contribution in [0.5, 0.6) is 0 Å². The number of para-hydroxylation sites is 2. The first-order chi connectivity index (χ1) is 11.2. The molecule has 2 N–H and O–H groups in total. The van der Waals surface area contributed by atoms with Crippen molar-refractivity contribution < 1.29 is 19.4 Å². The average molecular weight is 313 g/mol. The van der Waals surface area contributed by atoms with Crippen LogP contribution >= 0.6 is 0 Å². The predicted molar refractivity (Wildman–Crippen MR) is 81.2 cm³/mol. The Morgan fingerprint density at radius 2 is 2.35 bits per heavy atom. The van der Waals surface area contributed by atoms with E-state index in [9.17, 15) is 15.2 Å². The van der Waals surface area contributed by atoms with Crippen LogP contribution < -0.4 is 0 Å². The first-order valence-corrected chi connectivity index (χ1v) is 7.24. The van der Waals surface area contributed by atoms with Gasteiger partial charge >= 0.3 is 5.97 Å². The second-order valence-electron chi connectivity index (χ2n) is 5.15. The van der Waals surface area contributed by atoms with E-state index >= 15 is 0 Å². The molecule has 0 aliphatic carbocycles. The van der Waals surface area contributed by atoms with E-state index in [1.807, 2.05) is 24.3 Å². The van der Waals surface area contributed by atoms with Crippen LogP contribution in [0, 0.1) is 11.3 Å². The van der Waals surface area contributed by atoms with Crippen molar-refractivity contribution in [2.24, 2.45) is 0 Å². The highest BCUT2D eigenvalue weighted by Gasteiger charge is 2.25. The minimum atomic E-state index is -0.584. The molecule has 1 aromatic heterocycles. The molecule has 0 spiro atoms. The number of carbonyl (C=O) groups excluding carboxylic acids is 1. The Hall–Kier alpha value is -2.85. The van der Waals surface area contributed by atoms with Crippen molar-refractivity contribution in [3.63, 3.8) is 0 Å². The Balaban J connectivity index is 1.76. The number of carbonyl (C=O) groups is 1. The van der Waals surface area contributed by atoms with Gasteiger partial charge in [0.25, 0.3) is 0 Å². The van der Waals surface area contributed by atoms with Crippen LogP contribution in [-0.2, 0) is 14.3 Å². The van der Waals surface area contributed by atoms with Gasteiger partial charge in [0.1, 0.15) is 18.2 Å². The van der Waals surface area contributed by atoms with Gasteiger partial charge in [0.05, 0.1) is 11.0 Å². The van der Waals surface area contributed by atoms with Crippen LogP contribution in [0.2, 0.25) is 0 Å². The molecular formula is C16H15N3O4. The molecule has 0 saturated carbocycles. The lowest BCUT2D eigenvalue weighted by molar-refractivity contribution is -0.153. The summed E-state index contributed by atoms with van der Waals surface area (Å²) in [5.41, 5.74) is 1.38. The van der Waals surface area contributed by atoms with Crippen molar-refractivity contribution in [2.75, 3.05) is 13.2 Å². The zero-order chi connectivity index (χ0) is 16.2. The Morgan fingerprint density at radius 3 is 3.04 bits per heavy atom. The molecule has 0 amide bonds. The molecule has 7 nitrogen and oxygen atoms in total. The Morgan fingerprint density at radius 1 is 1.52 bits per heavy atom. The Bertz CT molecular complexity index is 764. The third-order valence-corrected chi connectivity index (χ3v) is 3.57. The lowest BCUT2D eigenvalue weighted by atomic mass is 10.2. The van der Waals surface area contributed by atoms with E-state index in [-0.39, 0.29) is 17.2 Å². The summed E-state index contributed by atoms with van der Waals surface area (Å²) in [5.74, 6) is -0.645. The molecule has 118 valence electrons. The summed E-state index contributed by atoms with van der Waals surface area (Å²) in [5, 5.41) is 19.3. The first-order valence-electron chi connectivity index (χ1n) is 7.24. The number of hydrogen-bond donors (Lipinski definition) is 2. The second-order valence-corrected chi connectivity index (χ2v) is 5.15. The lowest BCUT2D eigenvalue weighted by Gasteiger charge is -2.09. The molecule has 3 rings (SSSR count). The van der Waals surface area contributed by atoms with Crippen LogP contribution in [-0.4, -0.2) is 40.4 Å². The minimum absolute atomic E-state index is 0.0543. The molecule has 7 heteroatoms. The number of esters is 1. The molecule has 2 aromatic rings. The number of hydrogen-bond acceptors (Lipinski definition) is 6. The normalized spacial score (nSPS) is 18.5. The maximum atomic E-state index is 11.8. The van der Waals surface area contributed by atoms with E-state index in [0.29, 0.717) is 18.5 Å². The average Bonchev–Trinajstić information content (AvgIpc) is 3.22. The van der Waals surface area contributed by atoms with E-state index in [1.54, 1.807) is 6.07 Å². The summed E-state index contributed by atoms with van der Waals surface area (Å²) < 4.78 is 10.2. The number of fused-ring (bicyclic) bond motifs is 1. The maximum Gasteiger partial charge on any atom is 0.335 e. The fraction of sp³-hybridized carbons (Fsp3) is 0.312. The molecule has 2 heterocycles. The number of aromatic amines is 1. The molecule has 1 unspecified atom stereocenters. The number of aromatic nitrogens is 2. The topological polar surface area (TPSA) is 108 Å². The van der Waals surface area contributed by atoms with Gasteiger partial charge < -0.3 is 19.6 Å². The van der Waals surface area contributed by atoms with Gasteiger partial charge in [0.15, 0.2) is 17.7 Å². The number of benzene rings is 1. The standard InChI is InChI=1S/C16H15N3O4/c17-8-10(15-18-11-4-1-2-5-12(11)19-15)13(20)9-23-16(21)14-6-3-7-22-14/h1-2,4-5,14,20H,3,6-7,9H2,(H,18,19)/b13-10-. The fourth-order valence-electron chi connectivity index (χ4n) is 2.39. The van der Waals surface area contributed by atoms with Gasteiger partial charge in [-0.15, -0.1) is 0 Å². The number of H-pyrrole nitrogens is 1. The SMILES string of the molecule is N#C/C(=C(/O)COC(=O)C1CCCO1)c1nc2ccccc2[nH]1. The first kappa shape index (κ1) is 15.1. The number of ether oxygens (including phenoxy) is 2. The summed E-state index contributed by atoms with van der Waals surface area (Å²) in [6.45, 7) is 0.142. The molecule has 1 aliphatic rings. The largest absolute Gasteiger partial charge is 0.507 e. The third-order valence-electron chi connectivity index (χ3n) is 3.57. The quantitative estimate of drug-likeness (QED) is 0.508. The van der Waals surface area contributed by atoms with Crippen molar-refractivity contribution >= 4 is 22.6 Å². The van der Waals surface area contributed by atoms with Gasteiger partial charge in [-0.3, -0.25) is 0 Å². The number of imidazole rings is 1. The highest BCUT2D eigenvalue weighted by Crippen LogP contribution is 2.19. The van der Waals surface area contributed by atoms with Crippen LogP contribution in [0.1, 0.15) is 18.7 Å². The van der Waals surface area contributed by atoms with Crippen LogP contribution in [0.15, 0.2) is 30.0 Å². The van der Waals surface area contributed by atoms with Crippen molar-refractivity contribution in [3.8, 4) is 6.07 Å². The number of aliphatic hydroxyl groups excluding tert-OH is 1. The highest BCUT2D eigenvalue weighted by atomic mass is 16.6. The number of aliphatic hydroxyl groups is 1. The van der Waals surface area contributed by atoms with Gasteiger partial charge in [-0.05, 0) is 25.0 Å². The molecule has 1 saturated heterocycles. The lowest BCUT2D eigenvalue weighted by Crippen LogP contribution is -2.23. The van der Waals surface area contributed by atoms with E-state index in [0.717, 1.165) is 11.9 Å². The second kappa shape index (κ2) is 6.50. The van der Waals surface area contributed by atoms with E-state index in [1.165, 1.54) is 0 Å². The molecule has 1 atom stereocenters. The molecule has 0 bridgehead atoms. The summed E-state index contributed by atoms with van der Waals surface area (Å²) >= 11 is 0. The number of rotatable bonds is 4. The minimum Gasteiger partial charge on any atom is -0.507 e. The van der Waals surface area contributed by atoms with Crippen molar-refractivity contribution in [1.82, 2.24) is 9.97 Å². The van der Waals surface area contributed by atoms with Crippen LogP contribution in [0.3, 0.4) is 0 Å². The number of nitrogens with zero attached hydrogens (tertiary/aromatic N) is 2. The molecule has 0 radical (unpaired) electrons. The predicted octanol–water partition coefficient (Wildman–Crippen LogP) is 2.08. The molecule has 1 aliphatic heterocycles. The summed E-state index contributed by atoms with van der Waals surface area (Å²) in [4.78, 5) is 19.0. The van der Waals surface area contributed by atoms with E-state index in [4.69, 9.17) is 9.47 Å². The van der Waals surface area contributed by atoms with E-state index in [2.05, 4.69) is 9.97 Å². The smallest absolute Gasteiger partial charge is 0.335 e. The molecular weight excluding hydrogens is 298 g/mol. The van der Waals surface area contributed by atoms with Crippen molar-refractivity contribution in [2.45, 2.75) is 18.9 Å². The summed E-state index contributed by atoms with van der Waals surface area (Å²) in [6.07, 6.45) is 0.835. The number of allylic oxidation sites excluding steroid dienone is 1. The van der Waals surface area contributed by atoms with Crippen LogP contribution in [0.25, 0.3) is 16.6 Å². The monoisotopic (exact) mass is 313 g/mol. The maximum absolute atomic E-state index is 11.8. The number of nitrogens with one attached hydrogen (secondary N) is 1. The van der Waals surface area contributed by atoms with Crippen molar-refractivity contribution in [3.05, 3.63) is 35.8 Å². The summed E-state index contributed by atoms with van der Waals surface area (Å²) in [7, 11) is 0. The van der Waals surface area contributed by atoms with Crippen LogP contribution in [0.4, 0.5) is 0 Å². The van der Waals surface area contributed by atoms with Gasteiger partial charge in [-0.1, -0.05) is 12.1 Å². The number of nitriles is 1.